The summed E-state index contributed by atoms with van der Waals surface area (Å²) in [5.41, 5.74) is 2.41. The van der Waals surface area contributed by atoms with Crippen molar-refractivity contribution in [1.82, 2.24) is 9.88 Å². The lowest BCUT2D eigenvalue weighted by atomic mass is 9.95. The monoisotopic (exact) mass is 472 g/mol. The largest absolute Gasteiger partial charge is 0.416 e. The SMILES string of the molecule is O=C(c1cccc2c3c([nH]c12)CCCC3)N1CCN(c2ccc(C(F)(F)F)cc2[N+](=O)[O-])CC1. The number of aromatic amines is 1. The lowest BCUT2D eigenvalue weighted by Crippen LogP contribution is -2.49. The van der Waals surface area contributed by atoms with Gasteiger partial charge >= 0.3 is 6.18 Å². The van der Waals surface area contributed by atoms with Crippen molar-refractivity contribution < 1.29 is 22.9 Å². The van der Waals surface area contributed by atoms with E-state index in [1.54, 1.807) is 15.9 Å². The molecule has 1 aromatic heterocycles. The molecule has 1 aliphatic carbocycles. The Morgan fingerprint density at radius 1 is 1.03 bits per heavy atom. The number of H-pyrrole nitrogens is 1. The molecule has 1 fully saturated rings. The van der Waals surface area contributed by atoms with Crippen LogP contribution in [0.25, 0.3) is 10.9 Å². The van der Waals surface area contributed by atoms with Crippen LogP contribution in [0.3, 0.4) is 0 Å². The first kappa shape index (κ1) is 22.2. The van der Waals surface area contributed by atoms with Gasteiger partial charge in [0.15, 0.2) is 0 Å². The van der Waals surface area contributed by atoms with Crippen LogP contribution in [0.2, 0.25) is 0 Å². The van der Waals surface area contributed by atoms with E-state index in [-0.39, 0.29) is 24.7 Å². The van der Waals surface area contributed by atoms with E-state index in [0.29, 0.717) is 24.7 Å². The third-order valence-corrected chi connectivity index (χ3v) is 6.77. The molecule has 178 valence electrons. The van der Waals surface area contributed by atoms with Crippen LogP contribution < -0.4 is 4.90 Å². The number of aryl methyl sites for hydroxylation is 2. The van der Waals surface area contributed by atoms with Gasteiger partial charge in [0.2, 0.25) is 0 Å². The highest BCUT2D eigenvalue weighted by molar-refractivity contribution is 6.07. The normalized spacial score (nSPS) is 16.6. The number of rotatable bonds is 3. The second kappa shape index (κ2) is 8.34. The van der Waals surface area contributed by atoms with Crippen molar-refractivity contribution in [2.45, 2.75) is 31.9 Å². The molecular weight excluding hydrogens is 449 g/mol. The quantitative estimate of drug-likeness (QED) is 0.433. The number of anilines is 1. The van der Waals surface area contributed by atoms with Crippen molar-refractivity contribution >= 4 is 28.2 Å². The third kappa shape index (κ3) is 3.86. The zero-order chi connectivity index (χ0) is 24.0. The molecule has 2 aliphatic rings. The smallest absolute Gasteiger partial charge is 0.362 e. The van der Waals surface area contributed by atoms with Gasteiger partial charge in [-0.1, -0.05) is 12.1 Å². The topological polar surface area (TPSA) is 82.5 Å². The summed E-state index contributed by atoms with van der Waals surface area (Å²) in [5, 5.41) is 12.5. The summed E-state index contributed by atoms with van der Waals surface area (Å²) in [6.45, 7) is 1.20. The minimum atomic E-state index is -4.66. The number of nitro groups is 1. The number of amides is 1. The number of nitro benzene ring substituents is 1. The Labute approximate surface area is 193 Å². The van der Waals surface area contributed by atoms with Crippen molar-refractivity contribution in [2.24, 2.45) is 0 Å². The van der Waals surface area contributed by atoms with Crippen molar-refractivity contribution in [3.63, 3.8) is 0 Å². The lowest BCUT2D eigenvalue weighted by molar-refractivity contribution is -0.384. The number of carbonyl (C=O) groups is 1. The second-order valence-electron chi connectivity index (χ2n) is 8.75. The Kier molecular flexibility index (Phi) is 5.45. The molecule has 1 saturated heterocycles. The fourth-order valence-corrected chi connectivity index (χ4v) is 5.04. The molecule has 2 heterocycles. The summed E-state index contributed by atoms with van der Waals surface area (Å²) < 4.78 is 39.0. The standard InChI is InChI=1S/C24H23F3N4O3/c25-24(26,27)15-8-9-20(21(14-15)31(33)34)29-10-12-30(13-11-29)23(32)18-6-3-5-17-16-4-1-2-7-19(16)28-22(17)18/h3,5-6,8-9,14,28H,1-2,4,7,10-13H2. The van der Waals surface area contributed by atoms with Crippen molar-refractivity contribution in [3.8, 4) is 0 Å². The maximum atomic E-state index is 13.4. The van der Waals surface area contributed by atoms with Gasteiger partial charge in [-0.2, -0.15) is 13.2 Å². The van der Waals surface area contributed by atoms with Gasteiger partial charge in [0.25, 0.3) is 11.6 Å². The summed E-state index contributed by atoms with van der Waals surface area (Å²) >= 11 is 0. The number of piperazine rings is 1. The number of carbonyl (C=O) groups excluding carboxylic acids is 1. The highest BCUT2D eigenvalue weighted by atomic mass is 19.4. The van der Waals surface area contributed by atoms with Crippen molar-refractivity contribution in [1.29, 1.82) is 0 Å². The maximum absolute atomic E-state index is 13.4. The molecule has 1 N–H and O–H groups in total. The van der Waals surface area contributed by atoms with Crippen LogP contribution in [0.1, 0.15) is 40.0 Å². The van der Waals surface area contributed by atoms with Crippen molar-refractivity contribution in [3.05, 3.63) is 68.9 Å². The Hall–Kier alpha value is -3.56. The minimum absolute atomic E-state index is 0.120. The molecule has 0 spiro atoms. The Morgan fingerprint density at radius 2 is 1.76 bits per heavy atom. The number of alkyl halides is 3. The summed E-state index contributed by atoms with van der Waals surface area (Å²) in [4.78, 5) is 30.8. The van der Waals surface area contributed by atoms with Crippen LogP contribution in [0, 0.1) is 10.1 Å². The summed E-state index contributed by atoms with van der Waals surface area (Å²) in [6.07, 6.45) is -0.427. The molecular formula is C24H23F3N4O3. The Bertz CT molecular complexity index is 1280. The number of hydrogen-bond donors (Lipinski definition) is 1. The van der Waals surface area contributed by atoms with E-state index in [1.807, 2.05) is 12.1 Å². The fourth-order valence-electron chi connectivity index (χ4n) is 5.04. The third-order valence-electron chi connectivity index (χ3n) is 6.77. The van der Waals surface area contributed by atoms with E-state index in [1.165, 1.54) is 11.3 Å². The van der Waals surface area contributed by atoms with E-state index in [2.05, 4.69) is 4.98 Å². The predicted octanol–water partition coefficient (Wildman–Crippen LogP) is 4.94. The molecule has 7 nitrogen and oxygen atoms in total. The predicted molar refractivity (Wildman–Crippen MR) is 121 cm³/mol. The molecule has 10 heteroatoms. The highest BCUT2D eigenvalue weighted by Gasteiger charge is 2.34. The first-order valence-corrected chi connectivity index (χ1v) is 11.3. The van der Waals surface area contributed by atoms with Gasteiger partial charge in [-0.25, -0.2) is 0 Å². The number of hydrogen-bond acceptors (Lipinski definition) is 4. The number of para-hydroxylation sites is 1. The first-order chi connectivity index (χ1) is 16.2. The number of fused-ring (bicyclic) bond motifs is 3. The average molecular weight is 472 g/mol. The van der Waals surface area contributed by atoms with Gasteiger partial charge in [0.05, 0.1) is 21.6 Å². The molecule has 0 atom stereocenters. The van der Waals surface area contributed by atoms with Crippen LogP contribution in [0.4, 0.5) is 24.5 Å². The number of halogens is 3. The molecule has 0 bridgehead atoms. The van der Waals surface area contributed by atoms with E-state index in [4.69, 9.17) is 0 Å². The van der Waals surface area contributed by atoms with Crippen LogP contribution >= 0.6 is 0 Å². The van der Waals surface area contributed by atoms with Crippen LogP contribution in [0.5, 0.6) is 0 Å². The van der Waals surface area contributed by atoms with Gasteiger partial charge in [-0.05, 0) is 49.4 Å². The Balaban J connectivity index is 1.36. The lowest BCUT2D eigenvalue weighted by Gasteiger charge is -2.36. The molecule has 1 aliphatic heterocycles. The van der Waals surface area contributed by atoms with Gasteiger partial charge in [0, 0.05) is 43.3 Å². The van der Waals surface area contributed by atoms with Gasteiger partial charge in [-0.3, -0.25) is 14.9 Å². The molecule has 0 radical (unpaired) electrons. The first-order valence-electron chi connectivity index (χ1n) is 11.3. The molecule has 3 aromatic rings. The summed E-state index contributed by atoms with van der Waals surface area (Å²) in [5.74, 6) is -0.120. The van der Waals surface area contributed by atoms with Gasteiger partial charge in [0.1, 0.15) is 5.69 Å². The zero-order valence-electron chi connectivity index (χ0n) is 18.3. The summed E-state index contributed by atoms with van der Waals surface area (Å²) in [6, 6.07) is 8.30. The van der Waals surface area contributed by atoms with Crippen LogP contribution in [0.15, 0.2) is 36.4 Å². The van der Waals surface area contributed by atoms with E-state index in [0.717, 1.165) is 48.7 Å². The second-order valence-corrected chi connectivity index (χ2v) is 8.75. The average Bonchev–Trinajstić information content (AvgIpc) is 3.21. The molecule has 0 saturated carbocycles. The molecule has 2 aromatic carbocycles. The van der Waals surface area contributed by atoms with E-state index < -0.39 is 22.4 Å². The van der Waals surface area contributed by atoms with Gasteiger partial charge in [-0.15, -0.1) is 0 Å². The maximum Gasteiger partial charge on any atom is 0.416 e. The van der Waals surface area contributed by atoms with Crippen molar-refractivity contribution in [2.75, 3.05) is 31.1 Å². The van der Waals surface area contributed by atoms with E-state index in [9.17, 15) is 28.1 Å². The number of aromatic nitrogens is 1. The number of nitrogens with zero attached hydrogens (tertiary/aromatic N) is 3. The number of nitrogens with one attached hydrogen (secondary N) is 1. The molecule has 1 amide bonds. The summed E-state index contributed by atoms with van der Waals surface area (Å²) in [7, 11) is 0. The van der Waals surface area contributed by atoms with Crippen LogP contribution in [-0.4, -0.2) is 46.9 Å². The molecule has 34 heavy (non-hydrogen) atoms. The zero-order valence-corrected chi connectivity index (χ0v) is 18.3. The Morgan fingerprint density at radius 3 is 2.47 bits per heavy atom. The van der Waals surface area contributed by atoms with E-state index >= 15 is 0 Å². The highest BCUT2D eigenvalue weighted by Crippen LogP contribution is 2.37. The number of benzene rings is 2. The minimum Gasteiger partial charge on any atom is -0.362 e. The molecule has 5 rings (SSSR count). The molecule has 0 unspecified atom stereocenters. The van der Waals surface area contributed by atoms with Crippen LogP contribution in [-0.2, 0) is 19.0 Å². The fraction of sp³-hybridized carbons (Fsp3) is 0.375. The van der Waals surface area contributed by atoms with Gasteiger partial charge < -0.3 is 14.8 Å².